The fraction of sp³-hybridized carbons (Fsp3) is 0.600. The van der Waals surface area contributed by atoms with Crippen LogP contribution in [0.1, 0.15) is 32.5 Å². The van der Waals surface area contributed by atoms with Gasteiger partial charge >= 0.3 is 0 Å². The van der Waals surface area contributed by atoms with Crippen LogP contribution in [-0.2, 0) is 6.42 Å². The maximum absolute atomic E-state index is 5.81. The van der Waals surface area contributed by atoms with Crippen LogP contribution in [0.5, 0.6) is 5.88 Å². The highest BCUT2D eigenvalue weighted by atomic mass is 35.5. The Bertz CT molecular complexity index is 291. The van der Waals surface area contributed by atoms with Gasteiger partial charge in [0.15, 0.2) is 0 Å². The predicted octanol–water partition coefficient (Wildman–Crippen LogP) is 2.87. The molecule has 4 heteroatoms. The van der Waals surface area contributed by atoms with E-state index < -0.39 is 0 Å². The van der Waals surface area contributed by atoms with E-state index >= 15 is 0 Å². The maximum atomic E-state index is 5.81. The molecule has 0 fully saturated rings. The number of hydrogen-bond acceptors (Lipinski definition) is 3. The minimum atomic E-state index is 0.448. The summed E-state index contributed by atoms with van der Waals surface area (Å²) in [5, 5.41) is 0.448. The van der Waals surface area contributed by atoms with Gasteiger partial charge in [0.05, 0.1) is 6.61 Å². The van der Waals surface area contributed by atoms with Gasteiger partial charge in [-0.05, 0) is 6.42 Å². The lowest BCUT2D eigenvalue weighted by atomic mass is 10.4. The first-order valence-electron chi connectivity index (χ1n) is 4.92. The largest absolute Gasteiger partial charge is 0.478 e. The van der Waals surface area contributed by atoms with Gasteiger partial charge in [-0.3, -0.25) is 0 Å². The Morgan fingerprint density at radius 2 is 2.14 bits per heavy atom. The summed E-state index contributed by atoms with van der Waals surface area (Å²) in [6, 6.07) is 1.65. The van der Waals surface area contributed by atoms with Crippen LogP contribution in [0, 0.1) is 0 Å². The van der Waals surface area contributed by atoms with Crippen molar-refractivity contribution in [2.24, 2.45) is 0 Å². The maximum Gasteiger partial charge on any atom is 0.218 e. The van der Waals surface area contributed by atoms with Crippen molar-refractivity contribution < 1.29 is 4.74 Å². The molecule has 1 aromatic heterocycles. The molecule has 1 aromatic rings. The lowest BCUT2D eigenvalue weighted by Crippen LogP contribution is -2.01. The topological polar surface area (TPSA) is 35.0 Å². The zero-order valence-electron chi connectivity index (χ0n) is 8.59. The number of aryl methyl sites for hydroxylation is 1. The van der Waals surface area contributed by atoms with Crippen LogP contribution in [0.25, 0.3) is 0 Å². The minimum absolute atomic E-state index is 0.448. The third-order valence-corrected chi connectivity index (χ3v) is 1.98. The summed E-state index contributed by atoms with van der Waals surface area (Å²) in [5.41, 5.74) is 0. The number of nitrogens with zero attached hydrogens (tertiary/aromatic N) is 2. The van der Waals surface area contributed by atoms with Crippen molar-refractivity contribution in [3.8, 4) is 5.88 Å². The van der Waals surface area contributed by atoms with Gasteiger partial charge in [-0.15, -0.1) is 0 Å². The van der Waals surface area contributed by atoms with E-state index in [1.54, 1.807) is 6.07 Å². The van der Waals surface area contributed by atoms with Gasteiger partial charge in [-0.25, -0.2) is 4.98 Å². The van der Waals surface area contributed by atoms with Crippen molar-refractivity contribution >= 4 is 11.6 Å². The van der Waals surface area contributed by atoms with Crippen LogP contribution in [0.2, 0.25) is 5.15 Å². The van der Waals surface area contributed by atoms with Crippen LogP contribution >= 0.6 is 11.6 Å². The molecule has 78 valence electrons. The number of ether oxygens (including phenoxy) is 1. The first kappa shape index (κ1) is 11.2. The highest BCUT2D eigenvalue weighted by Crippen LogP contribution is 2.14. The van der Waals surface area contributed by atoms with E-state index in [0.717, 1.165) is 25.1 Å². The Balaban J connectivity index is 2.62. The number of unbranched alkanes of at least 4 members (excludes halogenated alkanes) is 1. The monoisotopic (exact) mass is 214 g/mol. The molecule has 0 aliphatic rings. The van der Waals surface area contributed by atoms with Gasteiger partial charge < -0.3 is 4.74 Å². The lowest BCUT2D eigenvalue weighted by Gasteiger charge is -2.05. The van der Waals surface area contributed by atoms with E-state index in [4.69, 9.17) is 16.3 Å². The first-order valence-corrected chi connectivity index (χ1v) is 5.30. The summed E-state index contributed by atoms with van der Waals surface area (Å²) in [4.78, 5) is 8.26. The van der Waals surface area contributed by atoms with Crippen molar-refractivity contribution in [2.75, 3.05) is 6.61 Å². The average Bonchev–Trinajstić information content (AvgIpc) is 2.17. The Morgan fingerprint density at radius 1 is 1.36 bits per heavy atom. The van der Waals surface area contributed by atoms with Gasteiger partial charge in [-0.1, -0.05) is 31.9 Å². The molecule has 0 aromatic carbocycles. The number of halogens is 1. The molecule has 0 spiro atoms. The quantitative estimate of drug-likeness (QED) is 0.559. The van der Waals surface area contributed by atoms with Crippen LogP contribution in [0.4, 0.5) is 0 Å². The highest BCUT2D eigenvalue weighted by molar-refractivity contribution is 6.29. The Kier molecular flexibility index (Phi) is 4.66. The fourth-order valence-corrected chi connectivity index (χ4v) is 1.19. The van der Waals surface area contributed by atoms with Crippen LogP contribution in [-0.4, -0.2) is 16.6 Å². The molecular formula is C10H15ClN2O. The second-order valence-corrected chi connectivity index (χ2v) is 3.39. The second-order valence-electron chi connectivity index (χ2n) is 3.00. The summed E-state index contributed by atoms with van der Waals surface area (Å²) >= 11 is 5.81. The van der Waals surface area contributed by atoms with E-state index in [0.29, 0.717) is 17.6 Å². The first-order chi connectivity index (χ1) is 6.76. The summed E-state index contributed by atoms with van der Waals surface area (Å²) in [5.74, 6) is 1.30. The third-order valence-electron chi connectivity index (χ3n) is 1.78. The van der Waals surface area contributed by atoms with Gasteiger partial charge in [0.1, 0.15) is 11.0 Å². The van der Waals surface area contributed by atoms with Crippen molar-refractivity contribution in [2.45, 2.75) is 33.1 Å². The smallest absolute Gasteiger partial charge is 0.218 e. The van der Waals surface area contributed by atoms with Gasteiger partial charge in [0.2, 0.25) is 5.88 Å². The molecule has 14 heavy (non-hydrogen) atoms. The number of hydrogen-bond donors (Lipinski definition) is 0. The van der Waals surface area contributed by atoms with Gasteiger partial charge in [-0.2, -0.15) is 4.98 Å². The Morgan fingerprint density at radius 3 is 2.79 bits per heavy atom. The normalized spacial score (nSPS) is 10.2. The molecule has 1 rings (SSSR count). The summed E-state index contributed by atoms with van der Waals surface area (Å²) < 4.78 is 5.43. The van der Waals surface area contributed by atoms with Crippen LogP contribution < -0.4 is 4.74 Å². The summed E-state index contributed by atoms with van der Waals surface area (Å²) in [6.45, 7) is 4.79. The van der Waals surface area contributed by atoms with E-state index in [1.807, 2.05) is 6.92 Å². The molecule has 3 nitrogen and oxygen atoms in total. The molecule has 0 amide bonds. The predicted molar refractivity (Wildman–Crippen MR) is 56.8 cm³/mol. The van der Waals surface area contributed by atoms with E-state index in [1.165, 1.54) is 0 Å². The Hall–Kier alpha value is -0.830. The average molecular weight is 215 g/mol. The number of rotatable bonds is 5. The highest BCUT2D eigenvalue weighted by Gasteiger charge is 2.02. The van der Waals surface area contributed by atoms with Crippen LogP contribution in [0.15, 0.2) is 6.07 Å². The fourth-order valence-electron chi connectivity index (χ4n) is 0.995. The van der Waals surface area contributed by atoms with Gasteiger partial charge in [0.25, 0.3) is 0 Å². The molecular weight excluding hydrogens is 200 g/mol. The lowest BCUT2D eigenvalue weighted by molar-refractivity contribution is 0.296. The van der Waals surface area contributed by atoms with Crippen molar-refractivity contribution in [1.82, 2.24) is 9.97 Å². The van der Waals surface area contributed by atoms with Crippen molar-refractivity contribution in [3.05, 3.63) is 17.0 Å². The van der Waals surface area contributed by atoms with E-state index in [2.05, 4.69) is 16.9 Å². The number of aromatic nitrogens is 2. The zero-order chi connectivity index (χ0) is 10.4. The second kappa shape index (κ2) is 5.81. The minimum Gasteiger partial charge on any atom is -0.478 e. The molecule has 0 N–H and O–H groups in total. The van der Waals surface area contributed by atoms with E-state index in [-0.39, 0.29) is 0 Å². The molecule has 0 aliphatic carbocycles. The molecule has 0 bridgehead atoms. The molecule has 0 saturated carbocycles. The molecule has 0 atom stereocenters. The molecule has 0 unspecified atom stereocenters. The van der Waals surface area contributed by atoms with E-state index in [9.17, 15) is 0 Å². The molecule has 1 heterocycles. The molecule has 0 aliphatic heterocycles. The summed E-state index contributed by atoms with van der Waals surface area (Å²) in [6.07, 6.45) is 2.91. The molecule has 0 saturated heterocycles. The van der Waals surface area contributed by atoms with Gasteiger partial charge in [0, 0.05) is 12.5 Å². The third kappa shape index (κ3) is 3.50. The summed E-state index contributed by atoms with van der Waals surface area (Å²) in [7, 11) is 0. The molecule has 0 radical (unpaired) electrons. The Labute approximate surface area is 89.5 Å². The van der Waals surface area contributed by atoms with Crippen molar-refractivity contribution in [3.63, 3.8) is 0 Å². The van der Waals surface area contributed by atoms with Crippen LogP contribution in [0.3, 0.4) is 0 Å². The SMILES string of the molecule is CCCCOc1cc(Cl)nc(CC)n1. The zero-order valence-corrected chi connectivity index (χ0v) is 9.34. The van der Waals surface area contributed by atoms with Crippen molar-refractivity contribution in [1.29, 1.82) is 0 Å². The standard InChI is InChI=1S/C10H15ClN2O/c1-3-5-6-14-10-7-8(11)12-9(4-2)13-10/h7H,3-6H2,1-2H3.